The SMILES string of the molecule is CCCCOc1ccc(COc2cccc(CN3CCN(c4ncccc4C(=O)OC(C)C)CC3)c2)cc1. The molecule has 1 aliphatic heterocycles. The monoisotopic (exact) mass is 517 g/mol. The number of hydrogen-bond donors (Lipinski definition) is 0. The lowest BCUT2D eigenvalue weighted by Gasteiger charge is -2.36. The van der Waals surface area contributed by atoms with Crippen LogP contribution in [0.3, 0.4) is 0 Å². The molecule has 0 N–H and O–H groups in total. The van der Waals surface area contributed by atoms with Crippen molar-refractivity contribution in [1.29, 1.82) is 0 Å². The Morgan fingerprint density at radius 3 is 2.45 bits per heavy atom. The molecule has 1 aliphatic rings. The van der Waals surface area contributed by atoms with Crippen LogP contribution in [-0.4, -0.2) is 54.7 Å². The second-order valence-electron chi connectivity index (χ2n) is 9.87. The quantitative estimate of drug-likeness (QED) is 0.225. The number of anilines is 1. The highest BCUT2D eigenvalue weighted by Gasteiger charge is 2.23. The van der Waals surface area contributed by atoms with Crippen LogP contribution in [-0.2, 0) is 17.9 Å². The van der Waals surface area contributed by atoms with E-state index in [1.807, 2.05) is 38.1 Å². The summed E-state index contributed by atoms with van der Waals surface area (Å²) < 4.78 is 17.2. The van der Waals surface area contributed by atoms with E-state index in [9.17, 15) is 4.79 Å². The fourth-order valence-electron chi connectivity index (χ4n) is 4.38. The highest BCUT2D eigenvalue weighted by atomic mass is 16.5. The summed E-state index contributed by atoms with van der Waals surface area (Å²) >= 11 is 0. The van der Waals surface area contributed by atoms with Crippen LogP contribution in [0.25, 0.3) is 0 Å². The maximum Gasteiger partial charge on any atom is 0.342 e. The third-order valence-electron chi connectivity index (χ3n) is 6.42. The number of ether oxygens (including phenoxy) is 3. The molecular weight excluding hydrogens is 478 g/mol. The van der Waals surface area contributed by atoms with E-state index in [-0.39, 0.29) is 12.1 Å². The van der Waals surface area contributed by atoms with E-state index in [4.69, 9.17) is 14.2 Å². The maximum absolute atomic E-state index is 12.5. The predicted molar refractivity (Wildman–Crippen MR) is 150 cm³/mol. The molecule has 4 rings (SSSR count). The van der Waals surface area contributed by atoms with Gasteiger partial charge in [0.25, 0.3) is 0 Å². The zero-order valence-corrected chi connectivity index (χ0v) is 22.8. The first kappa shape index (κ1) is 27.5. The summed E-state index contributed by atoms with van der Waals surface area (Å²) in [6.45, 7) is 11.4. The molecule has 1 aromatic heterocycles. The smallest absolute Gasteiger partial charge is 0.342 e. The fourth-order valence-corrected chi connectivity index (χ4v) is 4.38. The number of rotatable bonds is 12. The molecule has 0 spiro atoms. The van der Waals surface area contributed by atoms with Crippen molar-refractivity contribution in [2.24, 2.45) is 0 Å². The Labute approximate surface area is 226 Å². The lowest BCUT2D eigenvalue weighted by atomic mass is 10.1. The molecule has 0 amide bonds. The van der Waals surface area contributed by atoms with Crippen molar-refractivity contribution in [3.05, 3.63) is 83.6 Å². The third kappa shape index (κ3) is 7.96. The molecule has 1 fully saturated rings. The zero-order chi connectivity index (χ0) is 26.7. The predicted octanol–water partition coefficient (Wildman–Crippen LogP) is 5.73. The van der Waals surface area contributed by atoms with Crippen molar-refractivity contribution in [1.82, 2.24) is 9.88 Å². The molecule has 1 saturated heterocycles. The molecule has 0 atom stereocenters. The minimum atomic E-state index is -0.321. The number of nitrogens with zero attached hydrogens (tertiary/aromatic N) is 3. The van der Waals surface area contributed by atoms with Crippen LogP contribution in [0.1, 0.15) is 55.1 Å². The van der Waals surface area contributed by atoms with Crippen LogP contribution in [0.5, 0.6) is 11.5 Å². The number of piperazine rings is 1. The van der Waals surface area contributed by atoms with Gasteiger partial charge in [0.05, 0.1) is 12.7 Å². The molecule has 2 aromatic carbocycles. The summed E-state index contributed by atoms with van der Waals surface area (Å²) in [6, 6.07) is 20.0. The second-order valence-corrected chi connectivity index (χ2v) is 9.87. The van der Waals surface area contributed by atoms with Gasteiger partial charge in [-0.3, -0.25) is 4.90 Å². The maximum atomic E-state index is 12.5. The lowest BCUT2D eigenvalue weighted by Crippen LogP contribution is -2.46. The normalized spacial score (nSPS) is 13.9. The largest absolute Gasteiger partial charge is 0.494 e. The molecule has 7 heteroatoms. The van der Waals surface area contributed by atoms with Crippen LogP contribution < -0.4 is 14.4 Å². The van der Waals surface area contributed by atoms with Crippen LogP contribution in [0.15, 0.2) is 66.9 Å². The molecule has 3 aromatic rings. The van der Waals surface area contributed by atoms with Gasteiger partial charge in [0, 0.05) is 38.9 Å². The Morgan fingerprint density at radius 2 is 1.71 bits per heavy atom. The number of benzene rings is 2. The van der Waals surface area contributed by atoms with Crippen molar-refractivity contribution in [3.8, 4) is 11.5 Å². The molecule has 202 valence electrons. The van der Waals surface area contributed by atoms with Gasteiger partial charge < -0.3 is 19.1 Å². The first-order valence-corrected chi connectivity index (χ1v) is 13.6. The summed E-state index contributed by atoms with van der Waals surface area (Å²) in [6.07, 6.45) is 3.76. The van der Waals surface area contributed by atoms with Gasteiger partial charge in [0.2, 0.25) is 0 Å². The highest BCUT2D eigenvalue weighted by molar-refractivity contribution is 5.94. The average Bonchev–Trinajstić information content (AvgIpc) is 2.93. The van der Waals surface area contributed by atoms with E-state index < -0.39 is 0 Å². The van der Waals surface area contributed by atoms with Gasteiger partial charge in [-0.1, -0.05) is 37.6 Å². The molecule has 0 unspecified atom stereocenters. The second kappa shape index (κ2) is 13.8. The van der Waals surface area contributed by atoms with Gasteiger partial charge >= 0.3 is 5.97 Å². The topological polar surface area (TPSA) is 64.1 Å². The van der Waals surface area contributed by atoms with Crippen molar-refractivity contribution in [2.45, 2.75) is 52.9 Å². The third-order valence-corrected chi connectivity index (χ3v) is 6.42. The highest BCUT2D eigenvalue weighted by Crippen LogP contribution is 2.22. The van der Waals surface area contributed by atoms with Gasteiger partial charge in [-0.2, -0.15) is 0 Å². The van der Waals surface area contributed by atoms with E-state index in [1.54, 1.807) is 18.3 Å². The summed E-state index contributed by atoms with van der Waals surface area (Å²) in [5.74, 6) is 2.15. The number of esters is 1. The summed E-state index contributed by atoms with van der Waals surface area (Å²) in [5.41, 5.74) is 2.85. The van der Waals surface area contributed by atoms with Gasteiger partial charge in [0.15, 0.2) is 0 Å². The zero-order valence-electron chi connectivity index (χ0n) is 22.8. The molecule has 0 radical (unpaired) electrons. The number of carbonyl (C=O) groups excluding carboxylic acids is 1. The number of carbonyl (C=O) groups is 1. The fraction of sp³-hybridized carbons (Fsp3) is 0.419. The van der Waals surface area contributed by atoms with E-state index in [1.165, 1.54) is 5.56 Å². The minimum absolute atomic E-state index is 0.164. The Hall–Kier alpha value is -3.58. The Balaban J connectivity index is 1.27. The minimum Gasteiger partial charge on any atom is -0.494 e. The Kier molecular flexibility index (Phi) is 9.98. The molecule has 0 bridgehead atoms. The summed E-state index contributed by atoms with van der Waals surface area (Å²) in [7, 11) is 0. The Morgan fingerprint density at radius 1 is 0.921 bits per heavy atom. The number of unbranched alkanes of at least 4 members (excludes halogenated alkanes) is 1. The van der Waals surface area contributed by atoms with Gasteiger partial charge in [-0.15, -0.1) is 0 Å². The Bertz CT molecular complexity index is 1160. The molecule has 38 heavy (non-hydrogen) atoms. The number of pyridine rings is 1. The standard InChI is InChI=1S/C31H39N3O4/c1-4-5-20-36-27-13-11-25(12-14-27)23-37-28-9-6-8-26(21-28)22-33-16-18-34(19-17-33)30-29(10-7-15-32-30)31(35)38-24(2)3/h6-15,21,24H,4-5,16-20,22-23H2,1-3H3. The molecule has 0 aliphatic carbocycles. The number of hydrogen-bond acceptors (Lipinski definition) is 7. The van der Waals surface area contributed by atoms with Gasteiger partial charge in [-0.25, -0.2) is 9.78 Å². The van der Waals surface area contributed by atoms with Crippen LogP contribution in [0.4, 0.5) is 5.82 Å². The molecule has 2 heterocycles. The molecule has 0 saturated carbocycles. The van der Waals surface area contributed by atoms with E-state index in [0.29, 0.717) is 18.0 Å². The van der Waals surface area contributed by atoms with E-state index in [2.05, 4.69) is 46.0 Å². The van der Waals surface area contributed by atoms with E-state index in [0.717, 1.165) is 69.2 Å². The van der Waals surface area contributed by atoms with Crippen molar-refractivity contribution in [3.63, 3.8) is 0 Å². The summed E-state index contributed by atoms with van der Waals surface area (Å²) in [5, 5.41) is 0. The van der Waals surface area contributed by atoms with E-state index >= 15 is 0 Å². The van der Waals surface area contributed by atoms with Crippen molar-refractivity contribution in [2.75, 3.05) is 37.7 Å². The van der Waals surface area contributed by atoms with Crippen LogP contribution >= 0.6 is 0 Å². The first-order chi connectivity index (χ1) is 18.5. The van der Waals surface area contributed by atoms with Crippen molar-refractivity contribution < 1.29 is 19.0 Å². The number of aromatic nitrogens is 1. The van der Waals surface area contributed by atoms with Crippen LogP contribution in [0, 0.1) is 0 Å². The van der Waals surface area contributed by atoms with Gasteiger partial charge in [0.1, 0.15) is 29.5 Å². The average molecular weight is 518 g/mol. The van der Waals surface area contributed by atoms with Crippen molar-refractivity contribution >= 4 is 11.8 Å². The van der Waals surface area contributed by atoms with Gasteiger partial charge in [-0.05, 0) is 67.8 Å². The summed E-state index contributed by atoms with van der Waals surface area (Å²) in [4.78, 5) is 21.6. The van der Waals surface area contributed by atoms with Crippen LogP contribution in [0.2, 0.25) is 0 Å². The molecule has 7 nitrogen and oxygen atoms in total. The first-order valence-electron chi connectivity index (χ1n) is 13.6. The molecular formula is C31H39N3O4. The lowest BCUT2D eigenvalue weighted by molar-refractivity contribution is 0.0378.